The summed E-state index contributed by atoms with van der Waals surface area (Å²) in [7, 11) is 0. The molecule has 0 fully saturated rings. The molecule has 0 spiro atoms. The topological polar surface area (TPSA) is 54.4 Å². The lowest BCUT2D eigenvalue weighted by atomic mass is 10.0. The van der Waals surface area contributed by atoms with Crippen molar-refractivity contribution in [1.29, 1.82) is 0 Å². The summed E-state index contributed by atoms with van der Waals surface area (Å²) in [6, 6.07) is 5.09. The second kappa shape index (κ2) is 6.12. The van der Waals surface area contributed by atoms with Gasteiger partial charge in [0.25, 0.3) is 0 Å². The normalized spacial score (nSPS) is 10.1. The van der Waals surface area contributed by atoms with Gasteiger partial charge < -0.3 is 5.11 Å². The minimum atomic E-state index is -0.414. The molecule has 0 aliphatic heterocycles. The zero-order valence-corrected chi connectivity index (χ0v) is 8.78. The van der Waals surface area contributed by atoms with E-state index in [4.69, 9.17) is 5.11 Å². The zero-order chi connectivity index (χ0) is 12.0. The fourth-order valence-corrected chi connectivity index (χ4v) is 1.28. The molecule has 0 saturated carbocycles. The fourth-order valence-electron chi connectivity index (χ4n) is 1.28. The van der Waals surface area contributed by atoms with Crippen LogP contribution in [-0.4, -0.2) is 23.3 Å². The van der Waals surface area contributed by atoms with E-state index in [1.807, 2.05) is 0 Å². The molecule has 1 rings (SSSR count). The minimum absolute atomic E-state index is 0.0590. The van der Waals surface area contributed by atoms with Gasteiger partial charge in [0, 0.05) is 18.6 Å². The Morgan fingerprint density at radius 3 is 2.38 bits per heavy atom. The summed E-state index contributed by atoms with van der Waals surface area (Å²) in [6.07, 6.45) is 0.380. The second-order valence-corrected chi connectivity index (χ2v) is 3.47. The van der Waals surface area contributed by atoms with Crippen molar-refractivity contribution in [2.24, 2.45) is 0 Å². The maximum atomic E-state index is 12.6. The van der Waals surface area contributed by atoms with Crippen molar-refractivity contribution < 1.29 is 19.1 Å². The van der Waals surface area contributed by atoms with Crippen LogP contribution in [0.2, 0.25) is 0 Å². The van der Waals surface area contributed by atoms with Gasteiger partial charge in [0.05, 0.1) is 6.42 Å². The van der Waals surface area contributed by atoms with Crippen LogP contribution in [0.25, 0.3) is 0 Å². The van der Waals surface area contributed by atoms with Crippen molar-refractivity contribution in [3.63, 3.8) is 0 Å². The Hall–Kier alpha value is -1.55. The summed E-state index contributed by atoms with van der Waals surface area (Å²) in [4.78, 5) is 22.8. The third-order valence-corrected chi connectivity index (χ3v) is 2.14. The first-order valence-electron chi connectivity index (χ1n) is 5.05. The summed E-state index contributed by atoms with van der Waals surface area (Å²) in [6.45, 7) is -0.0590. The Morgan fingerprint density at radius 1 is 1.19 bits per heavy atom. The summed E-state index contributed by atoms with van der Waals surface area (Å²) in [5.41, 5.74) is 0.332. The highest BCUT2D eigenvalue weighted by molar-refractivity contribution is 6.07. The van der Waals surface area contributed by atoms with Gasteiger partial charge in [-0.3, -0.25) is 9.59 Å². The highest BCUT2D eigenvalue weighted by Crippen LogP contribution is 2.07. The average molecular weight is 224 g/mol. The van der Waals surface area contributed by atoms with Crippen molar-refractivity contribution in [1.82, 2.24) is 0 Å². The van der Waals surface area contributed by atoms with E-state index in [-0.39, 0.29) is 31.0 Å². The zero-order valence-electron chi connectivity index (χ0n) is 8.78. The van der Waals surface area contributed by atoms with Gasteiger partial charge in [0.2, 0.25) is 0 Å². The molecule has 16 heavy (non-hydrogen) atoms. The largest absolute Gasteiger partial charge is 0.396 e. The van der Waals surface area contributed by atoms with Crippen LogP contribution in [0.5, 0.6) is 0 Å². The molecule has 1 N–H and O–H groups in total. The molecule has 86 valence electrons. The first-order chi connectivity index (χ1) is 7.63. The van der Waals surface area contributed by atoms with Gasteiger partial charge in [-0.2, -0.15) is 0 Å². The van der Waals surface area contributed by atoms with Crippen molar-refractivity contribution in [3.8, 4) is 0 Å². The van der Waals surface area contributed by atoms with E-state index in [9.17, 15) is 14.0 Å². The predicted molar refractivity (Wildman–Crippen MR) is 56.7 cm³/mol. The van der Waals surface area contributed by atoms with Gasteiger partial charge >= 0.3 is 0 Å². The average Bonchev–Trinajstić information content (AvgIpc) is 2.27. The number of Topliss-reactive ketones (excluding diaryl/α,β-unsaturated/α-hetero) is 2. The lowest BCUT2D eigenvalue weighted by Gasteiger charge is -2.00. The molecule has 1 aromatic carbocycles. The van der Waals surface area contributed by atoms with Gasteiger partial charge in [-0.05, 0) is 30.7 Å². The Morgan fingerprint density at radius 2 is 1.81 bits per heavy atom. The molecule has 1 aromatic rings. The molecule has 3 nitrogen and oxygen atoms in total. The van der Waals surface area contributed by atoms with Crippen molar-refractivity contribution in [2.75, 3.05) is 6.61 Å². The monoisotopic (exact) mass is 224 g/mol. The fraction of sp³-hybridized carbons (Fsp3) is 0.333. The molecule has 0 amide bonds. The Bertz CT molecular complexity index is 370. The smallest absolute Gasteiger partial charge is 0.170 e. The standard InChI is InChI=1S/C12H13FO3/c13-10-5-3-9(4-6-10)12(16)8-11(15)2-1-7-14/h3-6,14H,1-2,7-8H2. The van der Waals surface area contributed by atoms with Crippen LogP contribution < -0.4 is 0 Å². The van der Waals surface area contributed by atoms with Crippen molar-refractivity contribution in [3.05, 3.63) is 35.6 Å². The van der Waals surface area contributed by atoms with Crippen LogP contribution in [0, 0.1) is 5.82 Å². The van der Waals surface area contributed by atoms with Crippen LogP contribution >= 0.6 is 0 Å². The molecule has 0 saturated heterocycles. The predicted octanol–water partition coefficient (Wildman–Crippen LogP) is 1.74. The second-order valence-electron chi connectivity index (χ2n) is 3.47. The lowest BCUT2D eigenvalue weighted by molar-refractivity contribution is -0.118. The van der Waals surface area contributed by atoms with E-state index in [0.29, 0.717) is 12.0 Å². The maximum Gasteiger partial charge on any atom is 0.170 e. The molecule has 0 heterocycles. The molecular weight excluding hydrogens is 211 g/mol. The molecular formula is C12H13FO3. The highest BCUT2D eigenvalue weighted by atomic mass is 19.1. The summed E-state index contributed by atoms with van der Waals surface area (Å²) in [5, 5.41) is 8.52. The number of aliphatic hydroxyl groups is 1. The van der Waals surface area contributed by atoms with Gasteiger partial charge in [-0.25, -0.2) is 4.39 Å². The Labute approximate surface area is 92.9 Å². The van der Waals surface area contributed by atoms with Crippen LogP contribution in [0.15, 0.2) is 24.3 Å². The molecule has 0 radical (unpaired) electrons. The lowest BCUT2D eigenvalue weighted by Crippen LogP contribution is -2.08. The number of hydrogen-bond donors (Lipinski definition) is 1. The van der Waals surface area contributed by atoms with Gasteiger partial charge in [0.1, 0.15) is 11.6 Å². The quantitative estimate of drug-likeness (QED) is 0.591. The van der Waals surface area contributed by atoms with Gasteiger partial charge in [-0.1, -0.05) is 0 Å². The third-order valence-electron chi connectivity index (χ3n) is 2.14. The molecule has 0 aliphatic rings. The molecule has 0 aromatic heterocycles. The first kappa shape index (κ1) is 12.5. The SMILES string of the molecule is O=C(CCCO)CC(=O)c1ccc(F)cc1. The Kier molecular flexibility index (Phi) is 4.79. The van der Waals surface area contributed by atoms with Crippen molar-refractivity contribution in [2.45, 2.75) is 19.3 Å². The van der Waals surface area contributed by atoms with E-state index in [2.05, 4.69) is 0 Å². The van der Waals surface area contributed by atoms with E-state index in [1.165, 1.54) is 24.3 Å². The van der Waals surface area contributed by atoms with Crippen LogP contribution in [0.3, 0.4) is 0 Å². The molecule has 0 aliphatic carbocycles. The van der Waals surface area contributed by atoms with Crippen LogP contribution in [0.4, 0.5) is 4.39 Å². The summed E-state index contributed by atoms with van der Waals surface area (Å²) in [5.74, 6) is -0.936. The van der Waals surface area contributed by atoms with Crippen molar-refractivity contribution >= 4 is 11.6 Å². The number of halogens is 1. The van der Waals surface area contributed by atoms with Gasteiger partial charge in [0.15, 0.2) is 5.78 Å². The number of hydrogen-bond acceptors (Lipinski definition) is 3. The molecule has 0 atom stereocenters. The van der Waals surface area contributed by atoms with E-state index >= 15 is 0 Å². The molecule has 0 unspecified atom stereocenters. The summed E-state index contributed by atoms with van der Waals surface area (Å²) < 4.78 is 12.6. The van der Waals surface area contributed by atoms with E-state index < -0.39 is 5.82 Å². The number of ketones is 2. The van der Waals surface area contributed by atoms with E-state index in [1.54, 1.807) is 0 Å². The van der Waals surface area contributed by atoms with E-state index in [0.717, 1.165) is 0 Å². The Balaban J connectivity index is 2.52. The first-order valence-corrected chi connectivity index (χ1v) is 5.05. The van der Waals surface area contributed by atoms with Gasteiger partial charge in [-0.15, -0.1) is 0 Å². The highest BCUT2D eigenvalue weighted by Gasteiger charge is 2.11. The summed E-state index contributed by atoms with van der Waals surface area (Å²) >= 11 is 0. The maximum absolute atomic E-state index is 12.6. The minimum Gasteiger partial charge on any atom is -0.396 e. The molecule has 0 bridgehead atoms. The third kappa shape index (κ3) is 3.90. The molecule has 4 heteroatoms. The number of carbonyl (C=O) groups is 2. The van der Waals surface area contributed by atoms with Crippen LogP contribution in [-0.2, 0) is 4.79 Å². The number of rotatable bonds is 6. The number of aliphatic hydroxyl groups excluding tert-OH is 1. The van der Waals surface area contributed by atoms with Crippen LogP contribution in [0.1, 0.15) is 29.6 Å². The number of carbonyl (C=O) groups excluding carboxylic acids is 2. The number of benzene rings is 1.